The number of hydrogen-bond acceptors (Lipinski definition) is 4. The number of hydrogen-bond donors (Lipinski definition) is 2. The number of rotatable bonds is 8. The van der Waals surface area contributed by atoms with E-state index in [2.05, 4.69) is 15.1 Å². The minimum atomic E-state index is -3.62. The first kappa shape index (κ1) is 21.3. The fourth-order valence-corrected chi connectivity index (χ4v) is 5.15. The van der Waals surface area contributed by atoms with Crippen LogP contribution < -0.4 is 10.0 Å². The Bertz CT molecular complexity index is 1120. The molecule has 0 aliphatic heterocycles. The molecule has 0 spiro atoms. The van der Waals surface area contributed by atoms with Crippen molar-refractivity contribution in [2.75, 3.05) is 6.54 Å². The molecule has 7 nitrogen and oxygen atoms in total. The van der Waals surface area contributed by atoms with Crippen molar-refractivity contribution in [3.63, 3.8) is 0 Å². The van der Waals surface area contributed by atoms with Gasteiger partial charge >= 0.3 is 0 Å². The predicted molar refractivity (Wildman–Crippen MR) is 119 cm³/mol. The zero-order valence-corrected chi connectivity index (χ0v) is 18.0. The van der Waals surface area contributed by atoms with E-state index in [1.807, 2.05) is 36.5 Å². The fourth-order valence-electron chi connectivity index (χ4n) is 3.79. The van der Waals surface area contributed by atoms with Gasteiger partial charge in [-0.15, -0.1) is 0 Å². The maximum Gasteiger partial charge on any atom is 0.251 e. The van der Waals surface area contributed by atoms with Crippen molar-refractivity contribution in [3.05, 3.63) is 78.1 Å². The first-order valence-corrected chi connectivity index (χ1v) is 12.0. The second-order valence-electron chi connectivity index (χ2n) is 7.75. The lowest BCUT2D eigenvalue weighted by atomic mass is 10.1. The number of sulfonamides is 1. The molecule has 1 aliphatic rings. The third-order valence-electron chi connectivity index (χ3n) is 5.49. The van der Waals surface area contributed by atoms with E-state index in [-0.39, 0.29) is 16.8 Å². The molecule has 0 bridgehead atoms. The first-order valence-electron chi connectivity index (χ1n) is 10.5. The molecule has 8 heteroatoms. The molecule has 1 amide bonds. The molecule has 1 aromatic heterocycles. The lowest BCUT2D eigenvalue weighted by Gasteiger charge is -2.13. The van der Waals surface area contributed by atoms with Gasteiger partial charge in [-0.25, -0.2) is 17.8 Å². The minimum Gasteiger partial charge on any atom is -0.352 e. The molecule has 2 N–H and O–H groups in total. The topological polar surface area (TPSA) is 93.1 Å². The number of nitrogens with zero attached hydrogens (tertiary/aromatic N) is 2. The molecule has 3 aromatic rings. The van der Waals surface area contributed by atoms with Gasteiger partial charge in [0.1, 0.15) is 0 Å². The Hall–Kier alpha value is -2.97. The molecule has 0 saturated heterocycles. The van der Waals surface area contributed by atoms with Crippen LogP contribution in [0.25, 0.3) is 5.69 Å². The summed E-state index contributed by atoms with van der Waals surface area (Å²) in [5.41, 5.74) is 2.40. The van der Waals surface area contributed by atoms with E-state index in [4.69, 9.17) is 0 Å². The number of carbonyl (C=O) groups is 1. The van der Waals surface area contributed by atoms with E-state index in [1.54, 1.807) is 23.0 Å². The molecule has 31 heavy (non-hydrogen) atoms. The summed E-state index contributed by atoms with van der Waals surface area (Å²) in [6, 6.07) is 16.0. The maximum absolute atomic E-state index is 12.6. The van der Waals surface area contributed by atoms with Gasteiger partial charge in [-0.05, 0) is 61.2 Å². The molecule has 0 unspecified atom stereocenters. The summed E-state index contributed by atoms with van der Waals surface area (Å²) < 4.78 is 29.8. The second kappa shape index (κ2) is 9.45. The number of nitrogens with one attached hydrogen (secondary N) is 2. The zero-order chi connectivity index (χ0) is 21.7. The van der Waals surface area contributed by atoms with Gasteiger partial charge in [-0.1, -0.05) is 31.0 Å². The Kier molecular flexibility index (Phi) is 6.48. The van der Waals surface area contributed by atoms with Crippen molar-refractivity contribution in [1.82, 2.24) is 19.8 Å². The Labute approximate surface area is 182 Å². The van der Waals surface area contributed by atoms with Crippen molar-refractivity contribution in [2.45, 2.75) is 43.0 Å². The SMILES string of the molecule is O=C(NCCc1ccc(-n2cccn2)cc1)c1cccc(S(=O)(=O)NC2CCCC2)c1. The van der Waals surface area contributed by atoms with Gasteiger partial charge in [-0.2, -0.15) is 5.10 Å². The van der Waals surface area contributed by atoms with Crippen LogP contribution in [-0.4, -0.2) is 36.7 Å². The summed E-state index contributed by atoms with van der Waals surface area (Å²) in [6.07, 6.45) is 8.10. The molecule has 1 aliphatic carbocycles. The van der Waals surface area contributed by atoms with Crippen molar-refractivity contribution >= 4 is 15.9 Å². The average Bonchev–Trinajstić information content (AvgIpc) is 3.48. The predicted octanol–water partition coefficient (Wildman–Crippen LogP) is 3.07. The molecule has 1 fully saturated rings. The van der Waals surface area contributed by atoms with E-state index in [0.29, 0.717) is 18.5 Å². The number of carbonyl (C=O) groups excluding carboxylic acids is 1. The maximum atomic E-state index is 12.6. The van der Waals surface area contributed by atoms with Gasteiger partial charge in [0.15, 0.2) is 0 Å². The van der Waals surface area contributed by atoms with E-state index < -0.39 is 10.0 Å². The Morgan fingerprint density at radius 2 is 1.84 bits per heavy atom. The summed E-state index contributed by atoms with van der Waals surface area (Å²) in [5.74, 6) is -0.286. The van der Waals surface area contributed by atoms with Gasteiger partial charge in [-0.3, -0.25) is 4.79 Å². The van der Waals surface area contributed by atoms with Crippen molar-refractivity contribution < 1.29 is 13.2 Å². The largest absolute Gasteiger partial charge is 0.352 e. The molecule has 1 heterocycles. The highest BCUT2D eigenvalue weighted by Crippen LogP contribution is 2.21. The lowest BCUT2D eigenvalue weighted by Crippen LogP contribution is -2.33. The Morgan fingerprint density at radius 1 is 1.06 bits per heavy atom. The van der Waals surface area contributed by atoms with E-state index >= 15 is 0 Å². The van der Waals surface area contributed by atoms with Crippen LogP contribution in [0.5, 0.6) is 0 Å². The summed E-state index contributed by atoms with van der Waals surface area (Å²) in [6.45, 7) is 0.456. The van der Waals surface area contributed by atoms with Gasteiger partial charge in [0, 0.05) is 30.5 Å². The number of aromatic nitrogens is 2. The van der Waals surface area contributed by atoms with Crippen LogP contribution in [0.4, 0.5) is 0 Å². The van der Waals surface area contributed by atoms with Crippen LogP contribution >= 0.6 is 0 Å². The zero-order valence-electron chi connectivity index (χ0n) is 17.2. The standard InChI is InChI=1S/C23H26N4O3S/c28-23(24-15-13-18-9-11-21(12-10-18)27-16-4-14-25-27)19-5-3-8-22(17-19)31(29,30)26-20-6-1-2-7-20/h3-5,8-12,14,16-17,20,26H,1-2,6-7,13,15H2,(H,24,28). The van der Waals surface area contributed by atoms with E-state index in [0.717, 1.165) is 36.9 Å². The van der Waals surface area contributed by atoms with Crippen LogP contribution in [0.1, 0.15) is 41.6 Å². The fraction of sp³-hybridized carbons (Fsp3) is 0.304. The van der Waals surface area contributed by atoms with Crippen molar-refractivity contribution in [2.24, 2.45) is 0 Å². The summed E-state index contributed by atoms with van der Waals surface area (Å²) in [5, 5.41) is 7.07. The van der Waals surface area contributed by atoms with E-state index in [9.17, 15) is 13.2 Å². The van der Waals surface area contributed by atoms with Gasteiger partial charge < -0.3 is 5.32 Å². The van der Waals surface area contributed by atoms with Gasteiger partial charge in [0.2, 0.25) is 10.0 Å². The minimum absolute atomic E-state index is 0.0119. The highest BCUT2D eigenvalue weighted by atomic mass is 32.2. The van der Waals surface area contributed by atoms with Gasteiger partial charge in [0.25, 0.3) is 5.91 Å². The highest BCUT2D eigenvalue weighted by Gasteiger charge is 2.23. The van der Waals surface area contributed by atoms with Crippen LogP contribution in [0.2, 0.25) is 0 Å². The molecule has 162 valence electrons. The average molecular weight is 439 g/mol. The molecule has 1 saturated carbocycles. The van der Waals surface area contributed by atoms with Crippen LogP contribution in [0, 0.1) is 0 Å². The third kappa shape index (κ3) is 5.39. The molecular formula is C23H26N4O3S. The quantitative estimate of drug-likeness (QED) is 0.565. The van der Waals surface area contributed by atoms with Crippen LogP contribution in [-0.2, 0) is 16.4 Å². The highest BCUT2D eigenvalue weighted by molar-refractivity contribution is 7.89. The lowest BCUT2D eigenvalue weighted by molar-refractivity contribution is 0.0954. The Balaban J connectivity index is 1.33. The molecule has 2 aromatic carbocycles. The Morgan fingerprint density at radius 3 is 2.55 bits per heavy atom. The third-order valence-corrected chi connectivity index (χ3v) is 7.01. The summed E-state index contributed by atoms with van der Waals surface area (Å²) in [7, 11) is -3.62. The van der Waals surface area contributed by atoms with Crippen LogP contribution in [0.15, 0.2) is 71.9 Å². The summed E-state index contributed by atoms with van der Waals surface area (Å²) in [4.78, 5) is 12.7. The first-order chi connectivity index (χ1) is 15.0. The number of benzene rings is 2. The second-order valence-corrected chi connectivity index (χ2v) is 9.47. The van der Waals surface area contributed by atoms with Crippen molar-refractivity contribution in [1.29, 1.82) is 0 Å². The smallest absolute Gasteiger partial charge is 0.251 e. The molecule has 0 atom stereocenters. The monoisotopic (exact) mass is 438 g/mol. The van der Waals surface area contributed by atoms with Crippen LogP contribution in [0.3, 0.4) is 0 Å². The molecule has 0 radical (unpaired) electrons. The van der Waals surface area contributed by atoms with E-state index in [1.165, 1.54) is 12.1 Å². The molecular weight excluding hydrogens is 412 g/mol. The molecule has 4 rings (SSSR count). The van der Waals surface area contributed by atoms with Crippen molar-refractivity contribution in [3.8, 4) is 5.69 Å². The van der Waals surface area contributed by atoms with Gasteiger partial charge in [0.05, 0.1) is 10.6 Å². The normalized spacial score (nSPS) is 14.6. The summed E-state index contributed by atoms with van der Waals surface area (Å²) >= 11 is 0. The number of amides is 1.